The third-order valence-electron chi connectivity index (χ3n) is 9.36. The Kier molecular flexibility index (Phi) is 8.76. The van der Waals surface area contributed by atoms with E-state index in [9.17, 15) is 9.59 Å². The second kappa shape index (κ2) is 12.7. The number of amides is 2. The van der Waals surface area contributed by atoms with Crippen molar-refractivity contribution in [2.24, 2.45) is 5.73 Å². The van der Waals surface area contributed by atoms with Crippen LogP contribution in [-0.4, -0.2) is 86.6 Å². The fourth-order valence-electron chi connectivity index (χ4n) is 6.84. The van der Waals surface area contributed by atoms with Crippen LogP contribution in [0.5, 0.6) is 5.75 Å². The lowest BCUT2D eigenvalue weighted by molar-refractivity contribution is -0.125. The molecule has 2 atom stereocenters. The molecule has 4 heterocycles. The van der Waals surface area contributed by atoms with E-state index in [1.807, 2.05) is 35.2 Å². The first-order valence-electron chi connectivity index (χ1n) is 14.8. The van der Waals surface area contributed by atoms with E-state index in [2.05, 4.69) is 25.4 Å². The molecule has 2 aliphatic rings. The van der Waals surface area contributed by atoms with Crippen LogP contribution in [0.2, 0.25) is 10.0 Å². The van der Waals surface area contributed by atoms with Gasteiger partial charge in [-0.1, -0.05) is 35.3 Å². The average Bonchev–Trinajstić information content (AvgIpc) is 3.77. The van der Waals surface area contributed by atoms with E-state index < -0.39 is 10.8 Å². The zero-order valence-corrected chi connectivity index (χ0v) is 26.4. The predicted octanol–water partition coefficient (Wildman–Crippen LogP) is 4.07. The van der Waals surface area contributed by atoms with Crippen LogP contribution in [-0.2, 0) is 15.6 Å². The quantitative estimate of drug-likeness (QED) is 0.287. The Morgan fingerprint density at radius 3 is 2.60 bits per heavy atom. The van der Waals surface area contributed by atoms with Crippen molar-refractivity contribution >= 4 is 35.0 Å². The first-order chi connectivity index (χ1) is 21.7. The van der Waals surface area contributed by atoms with Gasteiger partial charge < -0.3 is 20.3 Å². The SMILES string of the molecule is COc1ccc(-n2cnnn2)cc1C(=O)N1CCC(CCN2CCCC(C(N)=O)(c3cccnc3)C2)(c2ccc(Cl)c(Cl)c2)C1. The monoisotopic (exact) mass is 648 g/mol. The van der Waals surface area contributed by atoms with Gasteiger partial charge in [0.05, 0.1) is 33.8 Å². The van der Waals surface area contributed by atoms with Gasteiger partial charge >= 0.3 is 0 Å². The molecule has 45 heavy (non-hydrogen) atoms. The number of pyridine rings is 1. The van der Waals surface area contributed by atoms with Crippen LogP contribution in [0, 0.1) is 0 Å². The van der Waals surface area contributed by atoms with Gasteiger partial charge in [-0.05, 0) is 96.7 Å². The Hall–Kier alpha value is -4.06. The smallest absolute Gasteiger partial charge is 0.257 e. The minimum absolute atomic E-state index is 0.147. The number of nitrogens with two attached hydrogens (primary N) is 1. The lowest BCUT2D eigenvalue weighted by Crippen LogP contribution is -2.54. The van der Waals surface area contributed by atoms with Crippen LogP contribution in [0.1, 0.15) is 47.2 Å². The van der Waals surface area contributed by atoms with Gasteiger partial charge in [-0.3, -0.25) is 14.6 Å². The van der Waals surface area contributed by atoms with Gasteiger partial charge in [-0.15, -0.1) is 5.10 Å². The molecule has 2 amide bonds. The third-order valence-corrected chi connectivity index (χ3v) is 10.1. The summed E-state index contributed by atoms with van der Waals surface area (Å²) in [5.74, 6) is -0.0173. The second-order valence-electron chi connectivity index (χ2n) is 11.8. The molecule has 0 saturated carbocycles. The van der Waals surface area contributed by atoms with Crippen LogP contribution >= 0.6 is 23.2 Å². The van der Waals surface area contributed by atoms with Crippen LogP contribution in [0.3, 0.4) is 0 Å². The molecule has 2 saturated heterocycles. The number of methoxy groups -OCH3 is 1. The van der Waals surface area contributed by atoms with Crippen molar-refractivity contribution in [2.45, 2.75) is 36.5 Å². The van der Waals surface area contributed by atoms with E-state index >= 15 is 0 Å². The number of halogens is 2. The van der Waals surface area contributed by atoms with Crippen LogP contribution < -0.4 is 10.5 Å². The molecule has 0 aliphatic carbocycles. The predicted molar refractivity (Wildman–Crippen MR) is 170 cm³/mol. The Morgan fingerprint density at radius 1 is 1.02 bits per heavy atom. The number of tetrazole rings is 1. The molecule has 2 fully saturated rings. The maximum absolute atomic E-state index is 14.1. The van der Waals surface area contributed by atoms with E-state index in [0.717, 1.165) is 36.9 Å². The van der Waals surface area contributed by atoms with E-state index in [1.165, 1.54) is 11.0 Å². The Labute approximate surface area is 271 Å². The van der Waals surface area contributed by atoms with E-state index in [-0.39, 0.29) is 11.8 Å². The summed E-state index contributed by atoms with van der Waals surface area (Å²) in [5.41, 5.74) is 7.79. The number of piperidine rings is 1. The van der Waals surface area contributed by atoms with Crippen molar-refractivity contribution < 1.29 is 14.3 Å². The summed E-state index contributed by atoms with van der Waals surface area (Å²) < 4.78 is 7.07. The first-order valence-corrected chi connectivity index (χ1v) is 15.6. The molecule has 2 aliphatic heterocycles. The van der Waals surface area contributed by atoms with Crippen LogP contribution in [0.15, 0.2) is 67.3 Å². The average molecular weight is 650 g/mol. The largest absolute Gasteiger partial charge is 0.496 e. The molecular weight excluding hydrogens is 615 g/mol. The highest BCUT2D eigenvalue weighted by molar-refractivity contribution is 6.42. The van der Waals surface area contributed by atoms with E-state index in [1.54, 1.807) is 37.7 Å². The summed E-state index contributed by atoms with van der Waals surface area (Å²) in [4.78, 5) is 35.4. The van der Waals surface area contributed by atoms with E-state index in [4.69, 9.17) is 33.7 Å². The molecule has 2 aromatic carbocycles. The summed E-state index contributed by atoms with van der Waals surface area (Å²) in [7, 11) is 1.54. The van der Waals surface area contributed by atoms with Crippen LogP contribution in [0.25, 0.3) is 5.69 Å². The highest BCUT2D eigenvalue weighted by Crippen LogP contribution is 2.42. The highest BCUT2D eigenvalue weighted by Gasteiger charge is 2.45. The third kappa shape index (κ3) is 5.99. The zero-order valence-electron chi connectivity index (χ0n) is 24.9. The van der Waals surface area contributed by atoms with Crippen molar-refractivity contribution in [2.75, 3.05) is 39.8 Å². The lowest BCUT2D eigenvalue weighted by atomic mass is 9.73. The van der Waals surface area contributed by atoms with Gasteiger partial charge in [0.1, 0.15) is 12.1 Å². The molecular formula is C32H34Cl2N8O3. The molecule has 234 valence electrons. The van der Waals surface area contributed by atoms with E-state index in [0.29, 0.717) is 59.6 Å². The molecule has 0 spiro atoms. The summed E-state index contributed by atoms with van der Waals surface area (Å²) >= 11 is 12.8. The fraction of sp³-hybridized carbons (Fsp3) is 0.375. The highest BCUT2D eigenvalue weighted by atomic mass is 35.5. The number of nitrogens with zero attached hydrogens (tertiary/aromatic N) is 7. The Bertz CT molecular complexity index is 1690. The molecule has 11 nitrogen and oxygen atoms in total. The van der Waals surface area contributed by atoms with Crippen molar-refractivity contribution in [1.82, 2.24) is 35.0 Å². The number of rotatable bonds is 9. The fourth-order valence-corrected chi connectivity index (χ4v) is 7.14. The number of carbonyl (C=O) groups excluding carboxylic acids is 2. The minimum Gasteiger partial charge on any atom is -0.496 e. The van der Waals surface area contributed by atoms with Gasteiger partial charge in [0.25, 0.3) is 5.91 Å². The van der Waals surface area contributed by atoms with Crippen molar-refractivity contribution in [3.05, 3.63) is 94.0 Å². The van der Waals surface area contributed by atoms with Gasteiger partial charge in [0, 0.05) is 37.4 Å². The number of ether oxygens (including phenoxy) is 1. The minimum atomic E-state index is -0.803. The standard InChI is InChI=1S/C32H34Cl2N8O3/c1-45-28-8-6-24(42-21-37-38-39-42)17-25(28)29(43)41-15-11-31(19-41,22-5-7-26(33)27(34)16-22)10-14-40-13-3-9-32(20-40,30(35)44)23-4-2-12-36-18-23/h2,4-8,12,16-18,21H,3,9-11,13-15,19-20H2,1H3,(H2,35,44). The topological polar surface area (TPSA) is 132 Å². The number of hydrogen-bond acceptors (Lipinski definition) is 8. The van der Waals surface area contributed by atoms with Crippen molar-refractivity contribution in [3.63, 3.8) is 0 Å². The molecule has 0 bridgehead atoms. The van der Waals surface area contributed by atoms with Gasteiger partial charge in [-0.2, -0.15) is 0 Å². The maximum Gasteiger partial charge on any atom is 0.257 e. The van der Waals surface area contributed by atoms with Crippen LogP contribution in [0.4, 0.5) is 0 Å². The summed E-state index contributed by atoms with van der Waals surface area (Å²) in [6.07, 6.45) is 7.89. The number of benzene rings is 2. The van der Waals surface area contributed by atoms with Gasteiger partial charge in [-0.25, -0.2) is 4.68 Å². The normalized spacial score (nSPS) is 22.0. The molecule has 6 rings (SSSR count). The molecule has 2 N–H and O–H groups in total. The number of carbonyl (C=O) groups is 2. The van der Waals surface area contributed by atoms with Crippen molar-refractivity contribution in [3.8, 4) is 11.4 Å². The maximum atomic E-state index is 14.1. The Balaban J connectivity index is 1.27. The number of primary amides is 1. The second-order valence-corrected chi connectivity index (χ2v) is 12.7. The molecule has 0 radical (unpaired) electrons. The lowest BCUT2D eigenvalue weighted by Gasteiger charge is -2.42. The summed E-state index contributed by atoms with van der Waals surface area (Å²) in [5, 5.41) is 12.3. The molecule has 2 aromatic heterocycles. The summed E-state index contributed by atoms with van der Waals surface area (Å²) in [6.45, 7) is 3.07. The number of likely N-dealkylation sites (tertiary alicyclic amines) is 2. The number of hydrogen-bond donors (Lipinski definition) is 1. The molecule has 2 unspecified atom stereocenters. The number of aromatic nitrogens is 5. The Morgan fingerprint density at radius 2 is 1.89 bits per heavy atom. The van der Waals surface area contributed by atoms with Gasteiger partial charge in [0.2, 0.25) is 5.91 Å². The zero-order chi connectivity index (χ0) is 31.6. The molecule has 4 aromatic rings. The van der Waals surface area contributed by atoms with Gasteiger partial charge in [0.15, 0.2) is 0 Å². The van der Waals surface area contributed by atoms with Crippen molar-refractivity contribution in [1.29, 1.82) is 0 Å². The first kappa shape index (κ1) is 30.9. The summed E-state index contributed by atoms with van der Waals surface area (Å²) in [6, 6.07) is 14.8. The molecule has 13 heteroatoms.